The van der Waals surface area contributed by atoms with Crippen LogP contribution in [0.15, 0.2) is 59.8 Å². The van der Waals surface area contributed by atoms with Crippen LogP contribution in [0.3, 0.4) is 0 Å². The fraction of sp³-hybridized carbons (Fsp3) is 0.227. The number of nitrogens with one attached hydrogen (secondary N) is 1. The van der Waals surface area contributed by atoms with Gasteiger partial charge in [0, 0.05) is 17.8 Å². The normalized spacial score (nSPS) is 15.0. The van der Waals surface area contributed by atoms with Gasteiger partial charge in [-0.3, -0.25) is 10.1 Å². The Hall–Kier alpha value is -4.21. The van der Waals surface area contributed by atoms with E-state index in [1.165, 1.54) is 12.1 Å². The van der Waals surface area contributed by atoms with Crippen molar-refractivity contribution in [2.45, 2.75) is 19.9 Å². The Morgan fingerprint density at radius 2 is 1.94 bits per heavy atom. The molecule has 10 nitrogen and oxygen atoms in total. The zero-order chi connectivity index (χ0) is 22.8. The summed E-state index contributed by atoms with van der Waals surface area (Å²) in [7, 11) is 1.57. The number of carbonyl (C=O) groups excluding carboxylic acids is 1. The van der Waals surface area contributed by atoms with E-state index in [2.05, 4.69) is 15.4 Å². The molecule has 0 radical (unpaired) electrons. The lowest BCUT2D eigenvalue weighted by Crippen LogP contribution is -2.29. The van der Waals surface area contributed by atoms with E-state index in [0.717, 1.165) is 0 Å². The van der Waals surface area contributed by atoms with Gasteiger partial charge in [0.25, 0.3) is 5.69 Å². The van der Waals surface area contributed by atoms with E-state index in [4.69, 9.17) is 9.47 Å². The van der Waals surface area contributed by atoms with Crippen LogP contribution >= 0.6 is 0 Å². The van der Waals surface area contributed by atoms with E-state index >= 15 is 0 Å². The molecule has 1 N–H and O–H groups in total. The number of anilines is 1. The van der Waals surface area contributed by atoms with Crippen LogP contribution in [0.2, 0.25) is 0 Å². The summed E-state index contributed by atoms with van der Waals surface area (Å²) >= 11 is 0. The molecule has 1 aliphatic heterocycles. The maximum atomic E-state index is 12.8. The van der Waals surface area contributed by atoms with Gasteiger partial charge in [-0.15, -0.1) is 5.10 Å². The molecule has 0 bridgehead atoms. The van der Waals surface area contributed by atoms with Crippen LogP contribution in [0.5, 0.6) is 5.75 Å². The largest absolute Gasteiger partial charge is 0.496 e. The van der Waals surface area contributed by atoms with Crippen molar-refractivity contribution in [2.75, 3.05) is 19.0 Å². The van der Waals surface area contributed by atoms with Crippen molar-refractivity contribution in [3.05, 3.63) is 75.5 Å². The second-order valence-electron chi connectivity index (χ2n) is 7.04. The third-order valence-electron chi connectivity index (χ3n) is 5.12. The second-order valence-corrected chi connectivity index (χ2v) is 7.04. The van der Waals surface area contributed by atoms with Crippen molar-refractivity contribution in [2.24, 2.45) is 0 Å². The van der Waals surface area contributed by atoms with Gasteiger partial charge in [-0.05, 0) is 43.7 Å². The Kier molecular flexibility index (Phi) is 5.59. The number of aromatic nitrogens is 3. The molecule has 2 heterocycles. The molecule has 164 valence electrons. The Morgan fingerprint density at radius 3 is 2.59 bits per heavy atom. The van der Waals surface area contributed by atoms with E-state index in [0.29, 0.717) is 39.9 Å². The molecule has 0 aliphatic carbocycles. The molecular formula is C22H21N5O5. The number of ether oxygens (including phenoxy) is 2. The Balaban J connectivity index is 1.87. The van der Waals surface area contributed by atoms with Gasteiger partial charge in [-0.1, -0.05) is 12.1 Å². The van der Waals surface area contributed by atoms with E-state index in [-0.39, 0.29) is 12.3 Å². The van der Waals surface area contributed by atoms with Gasteiger partial charge in [0.05, 0.1) is 29.8 Å². The summed E-state index contributed by atoms with van der Waals surface area (Å²) in [5, 5.41) is 18.9. The predicted octanol–water partition coefficient (Wildman–Crippen LogP) is 3.71. The van der Waals surface area contributed by atoms with Crippen LogP contribution in [-0.2, 0) is 9.53 Å². The van der Waals surface area contributed by atoms with Crippen molar-refractivity contribution in [1.29, 1.82) is 0 Å². The molecule has 1 atom stereocenters. The van der Waals surface area contributed by atoms with E-state index in [1.54, 1.807) is 37.8 Å². The van der Waals surface area contributed by atoms with Gasteiger partial charge in [0.15, 0.2) is 5.82 Å². The fourth-order valence-electron chi connectivity index (χ4n) is 3.65. The van der Waals surface area contributed by atoms with Gasteiger partial charge in [0.2, 0.25) is 5.95 Å². The van der Waals surface area contributed by atoms with Crippen LogP contribution < -0.4 is 10.1 Å². The number of esters is 1. The monoisotopic (exact) mass is 435 g/mol. The number of hydrogen-bond acceptors (Lipinski definition) is 8. The number of rotatable bonds is 6. The topological polar surface area (TPSA) is 121 Å². The SMILES string of the molecule is CCOC(=O)C1=C(C)Nc2nc(-c3ccccc3OC)nn2C1c1ccc([N+](=O)[O-])cc1. The van der Waals surface area contributed by atoms with Crippen molar-refractivity contribution >= 4 is 17.6 Å². The zero-order valence-electron chi connectivity index (χ0n) is 17.7. The van der Waals surface area contributed by atoms with Gasteiger partial charge >= 0.3 is 5.97 Å². The Labute approximate surface area is 183 Å². The summed E-state index contributed by atoms with van der Waals surface area (Å²) in [6, 6.07) is 12.7. The molecule has 0 saturated heterocycles. The summed E-state index contributed by atoms with van der Waals surface area (Å²) < 4.78 is 12.3. The highest BCUT2D eigenvalue weighted by atomic mass is 16.6. The maximum absolute atomic E-state index is 12.8. The molecule has 10 heteroatoms. The summed E-state index contributed by atoms with van der Waals surface area (Å²) in [6.07, 6.45) is 0. The smallest absolute Gasteiger partial charge is 0.338 e. The third-order valence-corrected chi connectivity index (χ3v) is 5.12. The number of nitro benzene ring substituents is 1. The van der Waals surface area contributed by atoms with Gasteiger partial charge in [-0.25, -0.2) is 9.48 Å². The number of fused-ring (bicyclic) bond motifs is 1. The maximum Gasteiger partial charge on any atom is 0.338 e. The number of para-hydroxylation sites is 1. The first-order chi connectivity index (χ1) is 15.4. The highest BCUT2D eigenvalue weighted by Crippen LogP contribution is 2.38. The number of carbonyl (C=O) groups is 1. The number of nitrogens with zero attached hydrogens (tertiary/aromatic N) is 4. The number of hydrogen-bond donors (Lipinski definition) is 1. The molecule has 0 spiro atoms. The molecule has 0 saturated carbocycles. The molecule has 0 amide bonds. The molecule has 1 aliphatic rings. The number of nitro groups is 1. The Morgan fingerprint density at radius 1 is 1.22 bits per heavy atom. The molecule has 1 aromatic heterocycles. The van der Waals surface area contributed by atoms with Crippen LogP contribution in [0, 0.1) is 10.1 Å². The van der Waals surface area contributed by atoms with Crippen molar-refractivity contribution in [3.63, 3.8) is 0 Å². The lowest BCUT2D eigenvalue weighted by molar-refractivity contribution is -0.384. The second kappa shape index (κ2) is 8.50. The van der Waals surface area contributed by atoms with Crippen LogP contribution in [0.25, 0.3) is 11.4 Å². The minimum Gasteiger partial charge on any atom is -0.496 e. The number of benzene rings is 2. The van der Waals surface area contributed by atoms with Crippen LogP contribution in [0.4, 0.5) is 11.6 Å². The van der Waals surface area contributed by atoms with E-state index < -0.39 is 16.9 Å². The van der Waals surface area contributed by atoms with Crippen molar-refractivity contribution < 1.29 is 19.2 Å². The first-order valence-electron chi connectivity index (χ1n) is 9.93. The molecular weight excluding hydrogens is 414 g/mol. The minimum atomic E-state index is -0.679. The summed E-state index contributed by atoms with van der Waals surface area (Å²) in [4.78, 5) is 28.1. The molecule has 4 rings (SSSR count). The molecule has 1 unspecified atom stereocenters. The van der Waals surface area contributed by atoms with Crippen LogP contribution in [-0.4, -0.2) is 39.4 Å². The quantitative estimate of drug-likeness (QED) is 0.353. The van der Waals surface area contributed by atoms with Crippen LogP contribution in [0.1, 0.15) is 25.5 Å². The zero-order valence-corrected chi connectivity index (χ0v) is 17.7. The van der Waals surface area contributed by atoms with Gasteiger partial charge in [0.1, 0.15) is 11.8 Å². The Bertz CT molecular complexity index is 1220. The lowest BCUT2D eigenvalue weighted by Gasteiger charge is -2.28. The summed E-state index contributed by atoms with van der Waals surface area (Å²) in [5.74, 6) is 0.952. The average Bonchev–Trinajstić information content (AvgIpc) is 3.21. The number of methoxy groups -OCH3 is 1. The standard InChI is InChI=1S/C22H21N5O5/c1-4-32-21(28)18-13(2)23-22-24-20(16-7-5-6-8-17(16)31-3)25-26(22)19(18)14-9-11-15(12-10-14)27(29)30/h5-12,19H,4H2,1-3H3,(H,23,24,25). The third kappa shape index (κ3) is 3.66. The molecule has 0 fully saturated rings. The van der Waals surface area contributed by atoms with E-state index in [1.807, 2.05) is 24.3 Å². The van der Waals surface area contributed by atoms with Crippen molar-refractivity contribution in [1.82, 2.24) is 14.8 Å². The fourth-order valence-corrected chi connectivity index (χ4v) is 3.65. The molecule has 2 aromatic carbocycles. The minimum absolute atomic E-state index is 0.0467. The van der Waals surface area contributed by atoms with Gasteiger partial charge in [-0.2, -0.15) is 4.98 Å². The highest BCUT2D eigenvalue weighted by molar-refractivity contribution is 5.92. The summed E-state index contributed by atoms with van der Waals surface area (Å²) in [5.41, 5.74) is 2.20. The molecule has 3 aromatic rings. The molecule has 32 heavy (non-hydrogen) atoms. The van der Waals surface area contributed by atoms with Gasteiger partial charge < -0.3 is 14.8 Å². The first-order valence-corrected chi connectivity index (χ1v) is 9.93. The lowest BCUT2D eigenvalue weighted by atomic mass is 9.95. The summed E-state index contributed by atoms with van der Waals surface area (Å²) in [6.45, 7) is 3.69. The number of allylic oxidation sites excluding steroid dienone is 1. The predicted molar refractivity (Wildman–Crippen MR) is 116 cm³/mol. The van der Waals surface area contributed by atoms with E-state index in [9.17, 15) is 14.9 Å². The first kappa shape index (κ1) is 21.0. The average molecular weight is 435 g/mol. The number of non-ortho nitro benzene ring substituents is 1. The van der Waals surface area contributed by atoms with Crippen molar-refractivity contribution in [3.8, 4) is 17.1 Å². The highest BCUT2D eigenvalue weighted by Gasteiger charge is 2.35.